The Balaban J connectivity index is 2.34. The van der Waals surface area contributed by atoms with Gasteiger partial charge in [-0.25, -0.2) is 4.39 Å². The first-order chi connectivity index (χ1) is 8.13. The molecule has 96 valence electrons. The van der Waals surface area contributed by atoms with Crippen LogP contribution in [0.1, 0.15) is 13.3 Å². The smallest absolute Gasteiger partial charge is 0.133 e. The standard InChI is InChI=1S/C12H17BrFNO2/c1-2-5-15-7-10(16)8-17-12-4-3-9(14)6-11(12)13/h3-4,6,10,15-16H,2,5,7-8H2,1H3. The van der Waals surface area contributed by atoms with Crippen molar-refractivity contribution in [2.24, 2.45) is 0 Å². The fraction of sp³-hybridized carbons (Fsp3) is 0.500. The number of halogens is 2. The molecule has 0 aliphatic rings. The highest BCUT2D eigenvalue weighted by atomic mass is 79.9. The zero-order valence-electron chi connectivity index (χ0n) is 9.75. The molecule has 3 nitrogen and oxygen atoms in total. The van der Waals surface area contributed by atoms with Crippen molar-refractivity contribution < 1.29 is 14.2 Å². The van der Waals surface area contributed by atoms with Gasteiger partial charge in [-0.15, -0.1) is 0 Å². The van der Waals surface area contributed by atoms with Gasteiger partial charge in [0.2, 0.25) is 0 Å². The Morgan fingerprint density at radius 2 is 2.29 bits per heavy atom. The number of aliphatic hydroxyl groups excluding tert-OH is 1. The van der Waals surface area contributed by atoms with Crippen LogP contribution in [-0.4, -0.2) is 30.9 Å². The van der Waals surface area contributed by atoms with Gasteiger partial charge in [-0.1, -0.05) is 6.92 Å². The van der Waals surface area contributed by atoms with Crippen molar-refractivity contribution >= 4 is 15.9 Å². The van der Waals surface area contributed by atoms with Gasteiger partial charge in [0, 0.05) is 6.54 Å². The normalized spacial score (nSPS) is 12.5. The van der Waals surface area contributed by atoms with E-state index in [0.717, 1.165) is 13.0 Å². The lowest BCUT2D eigenvalue weighted by molar-refractivity contribution is 0.106. The second-order valence-electron chi connectivity index (χ2n) is 3.74. The second kappa shape index (κ2) is 7.63. The van der Waals surface area contributed by atoms with E-state index in [9.17, 15) is 9.50 Å². The maximum absolute atomic E-state index is 12.8. The molecule has 0 spiro atoms. The molecule has 0 aliphatic carbocycles. The monoisotopic (exact) mass is 305 g/mol. The van der Waals surface area contributed by atoms with E-state index in [2.05, 4.69) is 28.2 Å². The maximum Gasteiger partial charge on any atom is 0.133 e. The highest BCUT2D eigenvalue weighted by molar-refractivity contribution is 9.10. The summed E-state index contributed by atoms with van der Waals surface area (Å²) in [7, 11) is 0. The van der Waals surface area contributed by atoms with Crippen LogP contribution in [0.25, 0.3) is 0 Å². The molecular formula is C12H17BrFNO2. The van der Waals surface area contributed by atoms with Crippen LogP contribution < -0.4 is 10.1 Å². The minimum Gasteiger partial charge on any atom is -0.490 e. The summed E-state index contributed by atoms with van der Waals surface area (Å²) in [6.07, 6.45) is 0.454. The van der Waals surface area contributed by atoms with Gasteiger partial charge in [0.15, 0.2) is 0 Å². The molecule has 0 fully saturated rings. The van der Waals surface area contributed by atoms with E-state index in [1.807, 2.05) is 0 Å². The minimum atomic E-state index is -0.571. The molecule has 1 aromatic carbocycles. The average molecular weight is 306 g/mol. The predicted octanol–water partition coefficient (Wildman–Crippen LogP) is 2.33. The number of rotatable bonds is 7. The fourth-order valence-corrected chi connectivity index (χ4v) is 1.75. The van der Waals surface area contributed by atoms with E-state index in [-0.39, 0.29) is 12.4 Å². The second-order valence-corrected chi connectivity index (χ2v) is 4.60. The Kier molecular flexibility index (Phi) is 6.47. The molecule has 1 unspecified atom stereocenters. The quantitative estimate of drug-likeness (QED) is 0.760. The van der Waals surface area contributed by atoms with Gasteiger partial charge in [0.05, 0.1) is 4.47 Å². The molecule has 17 heavy (non-hydrogen) atoms. The molecule has 1 atom stereocenters. The van der Waals surface area contributed by atoms with E-state index >= 15 is 0 Å². The molecule has 0 heterocycles. The Morgan fingerprint density at radius 1 is 1.53 bits per heavy atom. The van der Waals surface area contributed by atoms with Crippen LogP contribution in [0.15, 0.2) is 22.7 Å². The molecule has 0 saturated heterocycles. The molecule has 1 aromatic rings. The van der Waals surface area contributed by atoms with Crippen LogP contribution >= 0.6 is 15.9 Å². The van der Waals surface area contributed by atoms with E-state index in [1.165, 1.54) is 18.2 Å². The first-order valence-corrected chi connectivity index (χ1v) is 6.39. The van der Waals surface area contributed by atoms with Gasteiger partial charge < -0.3 is 15.2 Å². The summed E-state index contributed by atoms with van der Waals surface area (Å²) in [6, 6.07) is 4.18. The van der Waals surface area contributed by atoms with E-state index in [1.54, 1.807) is 0 Å². The van der Waals surface area contributed by atoms with Crippen LogP contribution in [0.4, 0.5) is 4.39 Å². The van der Waals surface area contributed by atoms with Crippen molar-refractivity contribution in [1.29, 1.82) is 0 Å². The summed E-state index contributed by atoms with van der Waals surface area (Å²) in [6.45, 7) is 3.61. The summed E-state index contributed by atoms with van der Waals surface area (Å²) in [5.74, 6) is 0.204. The maximum atomic E-state index is 12.8. The molecule has 5 heteroatoms. The Labute approximate surface area is 109 Å². The van der Waals surface area contributed by atoms with Gasteiger partial charge in [-0.05, 0) is 47.1 Å². The van der Waals surface area contributed by atoms with Gasteiger partial charge in [-0.3, -0.25) is 0 Å². The lowest BCUT2D eigenvalue weighted by atomic mass is 10.3. The summed E-state index contributed by atoms with van der Waals surface area (Å²) in [4.78, 5) is 0. The van der Waals surface area contributed by atoms with Crippen molar-refractivity contribution in [3.05, 3.63) is 28.5 Å². The highest BCUT2D eigenvalue weighted by Gasteiger charge is 2.07. The first kappa shape index (κ1) is 14.4. The number of aliphatic hydroxyl groups is 1. The van der Waals surface area contributed by atoms with Crippen LogP contribution in [0.3, 0.4) is 0 Å². The first-order valence-electron chi connectivity index (χ1n) is 5.60. The molecule has 0 amide bonds. The summed E-state index contributed by atoms with van der Waals surface area (Å²) >= 11 is 3.20. The topological polar surface area (TPSA) is 41.5 Å². The SMILES string of the molecule is CCCNCC(O)COc1ccc(F)cc1Br. The minimum absolute atomic E-state index is 0.181. The molecule has 0 radical (unpaired) electrons. The van der Waals surface area contributed by atoms with Crippen molar-refractivity contribution in [2.75, 3.05) is 19.7 Å². The lowest BCUT2D eigenvalue weighted by Crippen LogP contribution is -2.31. The molecule has 2 N–H and O–H groups in total. The Bertz CT molecular complexity index is 349. The summed E-state index contributed by atoms with van der Waals surface area (Å²) < 4.78 is 18.7. The van der Waals surface area contributed by atoms with Crippen molar-refractivity contribution in [1.82, 2.24) is 5.32 Å². The van der Waals surface area contributed by atoms with E-state index in [4.69, 9.17) is 4.74 Å². The third-order valence-electron chi connectivity index (χ3n) is 2.13. The zero-order valence-corrected chi connectivity index (χ0v) is 11.3. The van der Waals surface area contributed by atoms with Gasteiger partial charge >= 0.3 is 0 Å². The lowest BCUT2D eigenvalue weighted by Gasteiger charge is -2.13. The number of hydrogen-bond acceptors (Lipinski definition) is 3. The van der Waals surface area contributed by atoms with Gasteiger partial charge in [0.25, 0.3) is 0 Å². The molecule has 0 saturated carbocycles. The van der Waals surface area contributed by atoms with Crippen molar-refractivity contribution in [3.8, 4) is 5.75 Å². The molecular weight excluding hydrogens is 289 g/mol. The van der Waals surface area contributed by atoms with Crippen LogP contribution in [0.5, 0.6) is 5.75 Å². The Hall–Kier alpha value is -0.650. The average Bonchev–Trinajstić information content (AvgIpc) is 2.28. The zero-order chi connectivity index (χ0) is 12.7. The van der Waals surface area contributed by atoms with Crippen LogP contribution in [0, 0.1) is 5.82 Å². The van der Waals surface area contributed by atoms with Crippen LogP contribution in [-0.2, 0) is 0 Å². The largest absolute Gasteiger partial charge is 0.490 e. The predicted molar refractivity (Wildman–Crippen MR) is 68.8 cm³/mol. The highest BCUT2D eigenvalue weighted by Crippen LogP contribution is 2.25. The fourth-order valence-electron chi connectivity index (χ4n) is 1.28. The summed E-state index contributed by atoms with van der Waals surface area (Å²) in [5, 5.41) is 12.7. The third kappa shape index (κ3) is 5.48. The summed E-state index contributed by atoms with van der Waals surface area (Å²) in [5.41, 5.74) is 0. The molecule has 0 aliphatic heterocycles. The number of ether oxygens (including phenoxy) is 1. The van der Waals surface area contributed by atoms with Crippen molar-refractivity contribution in [2.45, 2.75) is 19.4 Å². The van der Waals surface area contributed by atoms with E-state index < -0.39 is 6.10 Å². The van der Waals surface area contributed by atoms with Crippen LogP contribution in [0.2, 0.25) is 0 Å². The van der Waals surface area contributed by atoms with Gasteiger partial charge in [-0.2, -0.15) is 0 Å². The molecule has 0 bridgehead atoms. The van der Waals surface area contributed by atoms with Gasteiger partial charge in [0.1, 0.15) is 24.3 Å². The number of hydrogen-bond donors (Lipinski definition) is 2. The number of benzene rings is 1. The molecule has 0 aromatic heterocycles. The van der Waals surface area contributed by atoms with E-state index in [0.29, 0.717) is 16.8 Å². The Morgan fingerprint density at radius 3 is 2.94 bits per heavy atom. The molecule has 1 rings (SSSR count). The van der Waals surface area contributed by atoms with Crippen molar-refractivity contribution in [3.63, 3.8) is 0 Å². The third-order valence-corrected chi connectivity index (χ3v) is 2.75. The number of nitrogens with one attached hydrogen (secondary N) is 1.